The minimum Gasteiger partial charge on any atom is -0.274 e. The zero-order valence-corrected chi connectivity index (χ0v) is 15.8. The number of carbonyl (C=O) groups is 3. The zero-order valence-electron chi connectivity index (χ0n) is 15.8. The molecule has 1 aliphatic carbocycles. The molecule has 2 aliphatic rings. The van der Waals surface area contributed by atoms with E-state index < -0.39 is 5.91 Å². The molecule has 4 rings (SSSR count). The van der Waals surface area contributed by atoms with Crippen LogP contribution in [0.1, 0.15) is 24.0 Å². The maximum absolute atomic E-state index is 12.5. The maximum Gasteiger partial charge on any atom is 0.260 e. The fourth-order valence-electron chi connectivity index (χ4n) is 3.81. The van der Waals surface area contributed by atoms with Crippen LogP contribution in [0.15, 0.2) is 77.9 Å². The lowest BCUT2D eigenvalue weighted by Crippen LogP contribution is -2.40. The quantitative estimate of drug-likeness (QED) is 0.371. The molecule has 2 unspecified atom stereocenters. The third-order valence-corrected chi connectivity index (χ3v) is 5.29. The molecule has 0 aromatic heterocycles. The number of amides is 3. The summed E-state index contributed by atoms with van der Waals surface area (Å²) >= 11 is 0. The van der Waals surface area contributed by atoms with Crippen molar-refractivity contribution in [3.05, 3.63) is 83.9 Å². The summed E-state index contributed by atoms with van der Waals surface area (Å²) in [5.41, 5.74) is 4.83. The van der Waals surface area contributed by atoms with Crippen LogP contribution in [0.5, 0.6) is 0 Å². The Morgan fingerprint density at radius 1 is 0.862 bits per heavy atom. The summed E-state index contributed by atoms with van der Waals surface area (Å²) in [5.74, 6) is -1.71. The second kappa shape index (κ2) is 8.22. The van der Waals surface area contributed by atoms with Gasteiger partial charge in [-0.1, -0.05) is 72.8 Å². The first-order valence-corrected chi connectivity index (χ1v) is 9.62. The minimum atomic E-state index is -0.498. The lowest BCUT2D eigenvalue weighted by molar-refractivity contribution is -0.143. The number of nitrogens with one attached hydrogen (secondary N) is 1. The second-order valence-electron chi connectivity index (χ2n) is 7.15. The molecule has 0 spiro atoms. The normalized spacial score (nSPS) is 20.3. The summed E-state index contributed by atoms with van der Waals surface area (Å²) in [7, 11) is 0. The fourth-order valence-corrected chi connectivity index (χ4v) is 3.81. The van der Waals surface area contributed by atoms with Crippen LogP contribution in [0.2, 0.25) is 0 Å². The Kier molecular flexibility index (Phi) is 5.33. The van der Waals surface area contributed by atoms with E-state index in [2.05, 4.69) is 10.5 Å². The number of allylic oxidation sites excluding steroid dienone is 2. The van der Waals surface area contributed by atoms with E-state index in [1.165, 1.54) is 0 Å². The van der Waals surface area contributed by atoms with Crippen molar-refractivity contribution >= 4 is 23.4 Å². The van der Waals surface area contributed by atoms with Gasteiger partial charge >= 0.3 is 0 Å². The van der Waals surface area contributed by atoms with Crippen LogP contribution in [0.25, 0.3) is 0 Å². The highest BCUT2D eigenvalue weighted by atomic mass is 16.2. The monoisotopic (exact) mass is 387 g/mol. The van der Waals surface area contributed by atoms with Crippen molar-refractivity contribution in [1.82, 2.24) is 10.3 Å². The summed E-state index contributed by atoms with van der Waals surface area (Å²) in [5, 5.41) is 4.30. The molecule has 1 saturated heterocycles. The number of likely N-dealkylation sites (tertiary alicyclic amines) is 1. The van der Waals surface area contributed by atoms with E-state index in [0.717, 1.165) is 16.0 Å². The predicted octanol–water partition coefficient (Wildman–Crippen LogP) is 2.51. The Balaban J connectivity index is 1.50. The van der Waals surface area contributed by atoms with Crippen LogP contribution in [0, 0.1) is 11.8 Å². The second-order valence-corrected chi connectivity index (χ2v) is 7.15. The smallest absolute Gasteiger partial charge is 0.260 e. The standard InChI is InChI=1S/C23H21N3O3/c27-20(15-26-22(28)18-13-7-8-14-19(18)23(26)29)24-25-21(16-9-3-1-4-10-16)17-11-5-2-6-12-17/h1-12,18-19H,13-15H2,(H,24,27). The molecule has 2 aromatic carbocycles. The fraction of sp³-hybridized carbons (Fsp3) is 0.217. The van der Waals surface area contributed by atoms with Crippen LogP contribution in [-0.4, -0.2) is 34.9 Å². The number of hydrogen-bond acceptors (Lipinski definition) is 4. The average molecular weight is 387 g/mol. The van der Waals surface area contributed by atoms with Crippen molar-refractivity contribution < 1.29 is 14.4 Å². The van der Waals surface area contributed by atoms with Gasteiger partial charge in [-0.2, -0.15) is 5.10 Å². The molecule has 1 heterocycles. The molecule has 1 aliphatic heterocycles. The molecule has 146 valence electrons. The van der Waals surface area contributed by atoms with E-state index in [9.17, 15) is 14.4 Å². The number of benzene rings is 2. The molecule has 1 N–H and O–H groups in total. The van der Waals surface area contributed by atoms with Gasteiger partial charge in [-0.15, -0.1) is 0 Å². The minimum absolute atomic E-state index is 0.269. The van der Waals surface area contributed by atoms with Crippen molar-refractivity contribution in [1.29, 1.82) is 0 Å². The van der Waals surface area contributed by atoms with Gasteiger partial charge in [-0.3, -0.25) is 19.3 Å². The molecule has 6 nitrogen and oxygen atoms in total. The van der Waals surface area contributed by atoms with E-state index in [4.69, 9.17) is 0 Å². The Morgan fingerprint density at radius 3 is 1.83 bits per heavy atom. The SMILES string of the molecule is O=C(CN1C(=O)C2CC=CCC2C1=O)NN=C(c1ccccc1)c1ccccc1. The summed E-state index contributed by atoms with van der Waals surface area (Å²) in [4.78, 5) is 38.6. The highest BCUT2D eigenvalue weighted by Crippen LogP contribution is 2.34. The number of hydrogen-bond donors (Lipinski definition) is 1. The van der Waals surface area contributed by atoms with Gasteiger partial charge in [-0.25, -0.2) is 5.43 Å². The largest absolute Gasteiger partial charge is 0.274 e. The van der Waals surface area contributed by atoms with Crippen LogP contribution in [0.4, 0.5) is 0 Å². The number of fused-ring (bicyclic) bond motifs is 1. The summed E-state index contributed by atoms with van der Waals surface area (Å²) < 4.78 is 0. The molecule has 6 heteroatoms. The molecule has 2 atom stereocenters. The Labute approximate surface area is 168 Å². The molecular formula is C23H21N3O3. The number of rotatable bonds is 5. The van der Waals surface area contributed by atoms with Crippen LogP contribution in [-0.2, 0) is 14.4 Å². The molecule has 0 saturated carbocycles. The van der Waals surface area contributed by atoms with Crippen LogP contribution < -0.4 is 5.43 Å². The molecule has 2 aromatic rings. The Hall–Kier alpha value is -3.54. The summed E-state index contributed by atoms with van der Waals surface area (Å²) in [6.07, 6.45) is 4.95. The topological polar surface area (TPSA) is 78.8 Å². The van der Waals surface area contributed by atoms with Gasteiger partial charge in [0.15, 0.2) is 0 Å². The van der Waals surface area contributed by atoms with Gasteiger partial charge in [-0.05, 0) is 12.8 Å². The summed E-state index contributed by atoms with van der Waals surface area (Å²) in [6, 6.07) is 19.0. The Morgan fingerprint density at radius 2 is 1.34 bits per heavy atom. The maximum atomic E-state index is 12.5. The molecule has 0 radical (unpaired) electrons. The van der Waals surface area contributed by atoms with Crippen molar-refractivity contribution in [2.24, 2.45) is 16.9 Å². The van der Waals surface area contributed by atoms with Crippen LogP contribution in [0.3, 0.4) is 0 Å². The first kappa shape index (κ1) is 18.8. The average Bonchev–Trinajstić information content (AvgIpc) is 3.00. The third-order valence-electron chi connectivity index (χ3n) is 5.29. The first-order valence-electron chi connectivity index (χ1n) is 9.62. The van der Waals surface area contributed by atoms with Crippen molar-refractivity contribution in [3.8, 4) is 0 Å². The molecular weight excluding hydrogens is 366 g/mol. The van der Waals surface area contributed by atoms with Gasteiger partial charge < -0.3 is 0 Å². The van der Waals surface area contributed by atoms with E-state index in [0.29, 0.717) is 18.6 Å². The van der Waals surface area contributed by atoms with E-state index in [1.54, 1.807) is 0 Å². The van der Waals surface area contributed by atoms with Gasteiger partial charge in [0.25, 0.3) is 5.91 Å². The predicted molar refractivity (Wildman–Crippen MR) is 109 cm³/mol. The van der Waals surface area contributed by atoms with Gasteiger partial charge in [0.05, 0.1) is 17.5 Å². The molecule has 29 heavy (non-hydrogen) atoms. The first-order chi connectivity index (χ1) is 14.1. The number of nitrogens with zero attached hydrogens (tertiary/aromatic N) is 2. The summed E-state index contributed by atoms with van der Waals surface area (Å²) in [6.45, 7) is -0.314. The van der Waals surface area contributed by atoms with E-state index >= 15 is 0 Å². The molecule has 3 amide bonds. The highest BCUT2D eigenvalue weighted by molar-refractivity contribution is 6.13. The van der Waals surface area contributed by atoms with Crippen molar-refractivity contribution in [3.63, 3.8) is 0 Å². The van der Waals surface area contributed by atoms with E-state index in [1.807, 2.05) is 72.8 Å². The van der Waals surface area contributed by atoms with Crippen LogP contribution >= 0.6 is 0 Å². The molecule has 1 fully saturated rings. The highest BCUT2D eigenvalue weighted by Gasteiger charge is 2.47. The third kappa shape index (κ3) is 3.87. The Bertz CT molecular complexity index is 915. The van der Waals surface area contributed by atoms with E-state index in [-0.39, 0.29) is 30.2 Å². The van der Waals surface area contributed by atoms with Gasteiger partial charge in [0.2, 0.25) is 11.8 Å². The molecule has 0 bridgehead atoms. The van der Waals surface area contributed by atoms with Gasteiger partial charge in [0.1, 0.15) is 6.54 Å². The lowest BCUT2D eigenvalue weighted by atomic mass is 9.85. The lowest BCUT2D eigenvalue weighted by Gasteiger charge is -2.14. The van der Waals surface area contributed by atoms with Crippen molar-refractivity contribution in [2.45, 2.75) is 12.8 Å². The zero-order chi connectivity index (χ0) is 20.2. The van der Waals surface area contributed by atoms with Crippen molar-refractivity contribution in [2.75, 3.05) is 6.54 Å². The number of imide groups is 1. The number of hydrazone groups is 1. The number of carbonyl (C=O) groups excluding carboxylic acids is 3. The van der Waals surface area contributed by atoms with Gasteiger partial charge in [0, 0.05) is 11.1 Å².